The fraction of sp³-hybridized carbons (Fsp3) is 0.300. The molecule has 0 spiro atoms. The molecule has 1 aliphatic heterocycles. The molecule has 1 aliphatic rings. The number of H-pyrrole nitrogens is 1. The Morgan fingerprint density at radius 1 is 1.27 bits per heavy atom. The molecule has 6 heteroatoms. The summed E-state index contributed by atoms with van der Waals surface area (Å²) in [5.74, 6) is -0.350. The number of aromatic nitrogens is 1. The van der Waals surface area contributed by atoms with Crippen molar-refractivity contribution in [1.82, 2.24) is 10.3 Å². The van der Waals surface area contributed by atoms with Crippen molar-refractivity contribution in [3.05, 3.63) is 65.0 Å². The molecular formula is C20H22ClN3O2. The van der Waals surface area contributed by atoms with Crippen LogP contribution in [0, 0.1) is 5.41 Å². The zero-order valence-electron chi connectivity index (χ0n) is 14.4. The first-order valence-corrected chi connectivity index (χ1v) is 9.05. The molecule has 1 fully saturated rings. The molecule has 3 rings (SSSR count). The van der Waals surface area contributed by atoms with Gasteiger partial charge in [0.1, 0.15) is 5.71 Å². The van der Waals surface area contributed by atoms with E-state index in [4.69, 9.17) is 21.7 Å². The molecule has 1 aromatic carbocycles. The SMILES string of the molecule is N=C(/C=C(/Cc1ccc(Cl)cc1)c1ccc[nH]1)C(=O)NC1CCOCC1. The average molecular weight is 372 g/mol. The van der Waals surface area contributed by atoms with Gasteiger partial charge in [-0.05, 0) is 60.7 Å². The van der Waals surface area contributed by atoms with Crippen LogP contribution in [0.4, 0.5) is 0 Å². The van der Waals surface area contributed by atoms with Crippen LogP contribution in [0.15, 0.2) is 48.7 Å². The molecule has 3 N–H and O–H groups in total. The lowest BCUT2D eigenvalue weighted by atomic mass is 10.0. The normalized spacial score (nSPS) is 15.7. The van der Waals surface area contributed by atoms with E-state index in [0.29, 0.717) is 24.7 Å². The third kappa shape index (κ3) is 5.07. The highest BCUT2D eigenvalue weighted by Gasteiger charge is 2.18. The van der Waals surface area contributed by atoms with E-state index in [1.54, 1.807) is 6.08 Å². The molecule has 2 heterocycles. The lowest BCUT2D eigenvalue weighted by Crippen LogP contribution is -2.41. The second-order valence-electron chi connectivity index (χ2n) is 6.33. The number of aromatic amines is 1. The Balaban J connectivity index is 1.73. The highest BCUT2D eigenvalue weighted by molar-refractivity contribution is 6.43. The number of rotatable bonds is 6. The molecule has 1 amide bonds. The first-order chi connectivity index (χ1) is 12.6. The molecule has 0 aliphatic carbocycles. The minimum absolute atomic E-state index is 0.0462. The molecular weight excluding hydrogens is 350 g/mol. The van der Waals surface area contributed by atoms with Crippen molar-refractivity contribution < 1.29 is 9.53 Å². The standard InChI is InChI=1S/C20H22ClN3O2/c21-16-5-3-14(4-6-16)12-15(19-2-1-9-23-19)13-18(22)20(25)24-17-7-10-26-11-8-17/h1-6,9,13,17,22-23H,7-8,10-12H2,(H,24,25)/b15-13-,22-18?. The van der Waals surface area contributed by atoms with Gasteiger partial charge in [0.05, 0.1) is 0 Å². The van der Waals surface area contributed by atoms with Gasteiger partial charge in [0.15, 0.2) is 0 Å². The summed E-state index contributed by atoms with van der Waals surface area (Å²) < 4.78 is 5.30. The minimum atomic E-state index is -0.350. The minimum Gasteiger partial charge on any atom is -0.381 e. The summed E-state index contributed by atoms with van der Waals surface area (Å²) in [6.07, 6.45) is 5.64. The third-order valence-corrected chi connectivity index (χ3v) is 4.62. The molecule has 136 valence electrons. The number of halogens is 1. The molecule has 26 heavy (non-hydrogen) atoms. The van der Waals surface area contributed by atoms with Crippen molar-refractivity contribution in [2.75, 3.05) is 13.2 Å². The number of allylic oxidation sites excluding steroid dienone is 1. The molecule has 5 nitrogen and oxygen atoms in total. The number of nitrogens with one attached hydrogen (secondary N) is 3. The van der Waals surface area contributed by atoms with Gasteiger partial charge in [-0.15, -0.1) is 0 Å². The van der Waals surface area contributed by atoms with Gasteiger partial charge in [0.25, 0.3) is 5.91 Å². The van der Waals surface area contributed by atoms with Gasteiger partial charge in [-0.2, -0.15) is 0 Å². The molecule has 0 radical (unpaired) electrons. The topological polar surface area (TPSA) is 78.0 Å². The first kappa shape index (κ1) is 18.4. The third-order valence-electron chi connectivity index (χ3n) is 4.37. The van der Waals surface area contributed by atoms with Gasteiger partial charge in [0, 0.05) is 36.2 Å². The van der Waals surface area contributed by atoms with Gasteiger partial charge in [-0.1, -0.05) is 23.7 Å². The summed E-state index contributed by atoms with van der Waals surface area (Å²) in [5.41, 5.74) is 2.79. The monoisotopic (exact) mass is 371 g/mol. The number of carbonyl (C=O) groups excluding carboxylic acids is 1. The summed E-state index contributed by atoms with van der Waals surface area (Å²) in [6.45, 7) is 1.30. The Morgan fingerprint density at radius 2 is 2.00 bits per heavy atom. The maximum atomic E-state index is 12.4. The van der Waals surface area contributed by atoms with Crippen LogP contribution >= 0.6 is 11.6 Å². The van der Waals surface area contributed by atoms with Crippen molar-refractivity contribution >= 4 is 28.8 Å². The number of ether oxygens (including phenoxy) is 1. The van der Waals surface area contributed by atoms with E-state index in [1.807, 2.05) is 42.6 Å². The van der Waals surface area contributed by atoms with E-state index in [9.17, 15) is 4.79 Å². The molecule has 0 unspecified atom stereocenters. The highest BCUT2D eigenvalue weighted by atomic mass is 35.5. The summed E-state index contributed by atoms with van der Waals surface area (Å²) in [5, 5.41) is 11.8. The molecule has 2 aromatic rings. The lowest BCUT2D eigenvalue weighted by Gasteiger charge is -2.22. The zero-order chi connectivity index (χ0) is 18.4. The Morgan fingerprint density at radius 3 is 2.65 bits per heavy atom. The Bertz CT molecular complexity index is 776. The van der Waals surface area contributed by atoms with Crippen LogP contribution in [0.1, 0.15) is 24.1 Å². The van der Waals surface area contributed by atoms with Crippen molar-refractivity contribution in [3.8, 4) is 0 Å². The Kier molecular flexibility index (Phi) is 6.26. The van der Waals surface area contributed by atoms with E-state index in [0.717, 1.165) is 29.7 Å². The van der Waals surface area contributed by atoms with Crippen molar-refractivity contribution in [1.29, 1.82) is 5.41 Å². The predicted octanol–water partition coefficient (Wildman–Crippen LogP) is 3.61. The molecule has 1 saturated heterocycles. The number of amides is 1. The largest absolute Gasteiger partial charge is 0.381 e. The number of hydrogen-bond acceptors (Lipinski definition) is 3. The van der Waals surface area contributed by atoms with Crippen LogP contribution in [0.3, 0.4) is 0 Å². The predicted molar refractivity (Wildman–Crippen MR) is 104 cm³/mol. The van der Waals surface area contributed by atoms with E-state index in [1.165, 1.54) is 0 Å². The van der Waals surface area contributed by atoms with Crippen molar-refractivity contribution in [2.24, 2.45) is 0 Å². The number of carbonyl (C=O) groups is 1. The quantitative estimate of drug-likeness (QED) is 0.678. The van der Waals surface area contributed by atoms with Gasteiger partial charge in [-0.25, -0.2) is 0 Å². The van der Waals surface area contributed by atoms with E-state index < -0.39 is 0 Å². The highest BCUT2D eigenvalue weighted by Crippen LogP contribution is 2.20. The average Bonchev–Trinajstić information content (AvgIpc) is 3.18. The van der Waals surface area contributed by atoms with Crippen LogP contribution in [0.2, 0.25) is 5.02 Å². The van der Waals surface area contributed by atoms with Gasteiger partial charge in [0.2, 0.25) is 0 Å². The Hall–Kier alpha value is -2.37. The van der Waals surface area contributed by atoms with Crippen LogP contribution < -0.4 is 5.32 Å². The zero-order valence-corrected chi connectivity index (χ0v) is 15.2. The number of hydrogen-bond donors (Lipinski definition) is 3. The van der Waals surface area contributed by atoms with E-state index in [-0.39, 0.29) is 17.7 Å². The maximum absolute atomic E-state index is 12.4. The number of benzene rings is 1. The maximum Gasteiger partial charge on any atom is 0.269 e. The van der Waals surface area contributed by atoms with E-state index in [2.05, 4.69) is 10.3 Å². The first-order valence-electron chi connectivity index (χ1n) is 8.68. The fourth-order valence-corrected chi connectivity index (χ4v) is 3.05. The van der Waals surface area contributed by atoms with Crippen molar-refractivity contribution in [2.45, 2.75) is 25.3 Å². The van der Waals surface area contributed by atoms with Crippen molar-refractivity contribution in [3.63, 3.8) is 0 Å². The molecule has 0 atom stereocenters. The summed E-state index contributed by atoms with van der Waals surface area (Å²) >= 11 is 5.95. The van der Waals surface area contributed by atoms with Crippen LogP contribution in [0.5, 0.6) is 0 Å². The second kappa shape index (κ2) is 8.83. The lowest BCUT2D eigenvalue weighted by molar-refractivity contribution is -0.116. The van der Waals surface area contributed by atoms with E-state index >= 15 is 0 Å². The fourth-order valence-electron chi connectivity index (χ4n) is 2.92. The molecule has 0 bridgehead atoms. The van der Waals surface area contributed by atoms with Crippen LogP contribution in [-0.4, -0.2) is 35.9 Å². The summed E-state index contributed by atoms with van der Waals surface area (Å²) in [4.78, 5) is 15.5. The smallest absolute Gasteiger partial charge is 0.269 e. The van der Waals surface area contributed by atoms with Crippen LogP contribution in [-0.2, 0) is 16.0 Å². The van der Waals surface area contributed by atoms with Gasteiger partial charge < -0.3 is 15.0 Å². The van der Waals surface area contributed by atoms with Crippen LogP contribution in [0.25, 0.3) is 5.57 Å². The molecule has 1 aromatic heterocycles. The molecule has 0 saturated carbocycles. The summed E-state index contributed by atoms with van der Waals surface area (Å²) in [7, 11) is 0. The van der Waals surface area contributed by atoms with Gasteiger partial charge in [-0.3, -0.25) is 10.2 Å². The Labute approximate surface area is 157 Å². The van der Waals surface area contributed by atoms with Gasteiger partial charge >= 0.3 is 0 Å². The second-order valence-corrected chi connectivity index (χ2v) is 6.77. The summed E-state index contributed by atoms with van der Waals surface area (Å²) in [6, 6.07) is 11.5.